The maximum Gasteiger partial charge on any atom is 0.414 e. The minimum absolute atomic E-state index is 0.883. The first-order chi connectivity index (χ1) is 12.5. The maximum absolute atomic E-state index is 9.10. The van der Waals surface area contributed by atoms with Gasteiger partial charge in [0.25, 0.3) is 0 Å². The van der Waals surface area contributed by atoms with Crippen LogP contribution in [0.15, 0.2) is 0 Å². The van der Waals surface area contributed by atoms with E-state index in [2.05, 4.69) is 21.6 Å². The van der Waals surface area contributed by atoms with Crippen molar-refractivity contribution in [3.8, 4) is 0 Å². The van der Waals surface area contributed by atoms with E-state index in [0.717, 1.165) is 12.1 Å². The van der Waals surface area contributed by atoms with Crippen molar-refractivity contribution >= 4 is 11.9 Å². The van der Waals surface area contributed by atoms with Crippen molar-refractivity contribution in [1.82, 2.24) is 14.7 Å². The molecule has 0 spiro atoms. The first-order valence-electron chi connectivity index (χ1n) is 10.2. The van der Waals surface area contributed by atoms with Gasteiger partial charge in [0.2, 0.25) is 0 Å². The Hall–Kier alpha value is -1.18. The number of carboxylic acid groups (broad SMARTS) is 2. The Morgan fingerprint density at radius 3 is 1.65 bits per heavy atom. The minimum atomic E-state index is -1.82. The van der Waals surface area contributed by atoms with E-state index < -0.39 is 11.9 Å². The van der Waals surface area contributed by atoms with Crippen LogP contribution in [0.1, 0.15) is 51.9 Å². The Balaban J connectivity index is 0.000000352. The van der Waals surface area contributed by atoms with Gasteiger partial charge in [0.15, 0.2) is 0 Å². The molecule has 2 aliphatic heterocycles. The lowest BCUT2D eigenvalue weighted by Gasteiger charge is -2.45. The van der Waals surface area contributed by atoms with Crippen molar-refractivity contribution in [3.05, 3.63) is 0 Å². The normalized spacial score (nSPS) is 24.7. The molecule has 3 rings (SSSR count). The van der Waals surface area contributed by atoms with E-state index in [-0.39, 0.29) is 0 Å². The van der Waals surface area contributed by atoms with Gasteiger partial charge in [0, 0.05) is 38.3 Å². The summed E-state index contributed by atoms with van der Waals surface area (Å²) in [7, 11) is 0. The molecule has 7 nitrogen and oxygen atoms in total. The van der Waals surface area contributed by atoms with E-state index in [4.69, 9.17) is 19.8 Å². The third-order valence-electron chi connectivity index (χ3n) is 6.14. The van der Waals surface area contributed by atoms with E-state index >= 15 is 0 Å². The molecule has 26 heavy (non-hydrogen) atoms. The maximum atomic E-state index is 9.10. The minimum Gasteiger partial charge on any atom is -0.473 e. The molecule has 0 bridgehead atoms. The van der Waals surface area contributed by atoms with Gasteiger partial charge in [-0.2, -0.15) is 0 Å². The van der Waals surface area contributed by atoms with Crippen LogP contribution in [-0.4, -0.2) is 94.7 Å². The molecular formula is C19H35N3O4. The second-order valence-electron chi connectivity index (χ2n) is 7.64. The Morgan fingerprint density at radius 1 is 0.731 bits per heavy atom. The number of carbonyl (C=O) groups is 2. The van der Waals surface area contributed by atoms with Gasteiger partial charge >= 0.3 is 11.9 Å². The van der Waals surface area contributed by atoms with Crippen molar-refractivity contribution in [2.75, 3.05) is 45.8 Å². The molecule has 0 amide bonds. The van der Waals surface area contributed by atoms with Crippen LogP contribution in [0.3, 0.4) is 0 Å². The van der Waals surface area contributed by atoms with Crippen molar-refractivity contribution in [1.29, 1.82) is 0 Å². The largest absolute Gasteiger partial charge is 0.473 e. The van der Waals surface area contributed by atoms with Crippen LogP contribution in [0, 0.1) is 0 Å². The molecule has 0 aromatic heterocycles. The molecule has 1 saturated carbocycles. The van der Waals surface area contributed by atoms with Crippen LogP contribution >= 0.6 is 0 Å². The number of hydrogen-bond acceptors (Lipinski definition) is 5. The summed E-state index contributed by atoms with van der Waals surface area (Å²) in [4.78, 5) is 26.4. The SMILES string of the molecule is CCN1CCN(C2CCN(C3CCCCC3)CC2)CC1.O=C(O)C(=O)O. The van der Waals surface area contributed by atoms with Gasteiger partial charge in [-0.3, -0.25) is 4.90 Å². The third-order valence-corrected chi connectivity index (χ3v) is 6.14. The predicted octanol–water partition coefficient (Wildman–Crippen LogP) is 1.58. The molecule has 3 fully saturated rings. The highest BCUT2D eigenvalue weighted by atomic mass is 16.4. The summed E-state index contributed by atoms with van der Waals surface area (Å²) in [5, 5.41) is 14.8. The highest BCUT2D eigenvalue weighted by Crippen LogP contribution is 2.26. The van der Waals surface area contributed by atoms with Gasteiger partial charge in [-0.05, 0) is 45.3 Å². The van der Waals surface area contributed by atoms with Crippen LogP contribution in [0.4, 0.5) is 0 Å². The number of likely N-dealkylation sites (N-methyl/N-ethyl adjacent to an activating group) is 1. The van der Waals surface area contributed by atoms with Gasteiger partial charge in [0.05, 0.1) is 0 Å². The fraction of sp³-hybridized carbons (Fsp3) is 0.895. The molecule has 2 saturated heterocycles. The number of piperazine rings is 1. The zero-order valence-electron chi connectivity index (χ0n) is 16.1. The number of hydrogen-bond donors (Lipinski definition) is 2. The Morgan fingerprint density at radius 2 is 1.19 bits per heavy atom. The van der Waals surface area contributed by atoms with Crippen LogP contribution in [0.2, 0.25) is 0 Å². The van der Waals surface area contributed by atoms with E-state index in [1.165, 1.54) is 90.8 Å². The molecule has 0 radical (unpaired) electrons. The van der Waals surface area contributed by atoms with Crippen LogP contribution in [-0.2, 0) is 9.59 Å². The Kier molecular flexibility index (Phi) is 8.81. The predicted molar refractivity (Wildman–Crippen MR) is 100 cm³/mol. The zero-order valence-corrected chi connectivity index (χ0v) is 16.1. The van der Waals surface area contributed by atoms with Crippen molar-refractivity contribution < 1.29 is 19.8 Å². The Bertz CT molecular complexity index is 426. The lowest BCUT2D eigenvalue weighted by molar-refractivity contribution is -0.159. The Labute approximate surface area is 156 Å². The van der Waals surface area contributed by atoms with Crippen molar-refractivity contribution in [2.24, 2.45) is 0 Å². The summed E-state index contributed by atoms with van der Waals surface area (Å²) in [5.41, 5.74) is 0. The molecule has 3 aliphatic rings. The van der Waals surface area contributed by atoms with E-state index in [9.17, 15) is 0 Å². The number of likely N-dealkylation sites (tertiary alicyclic amines) is 1. The summed E-state index contributed by atoms with van der Waals surface area (Å²) in [5.74, 6) is -3.65. The highest BCUT2D eigenvalue weighted by Gasteiger charge is 2.30. The molecule has 2 N–H and O–H groups in total. The second-order valence-corrected chi connectivity index (χ2v) is 7.64. The molecule has 1 aliphatic carbocycles. The molecular weight excluding hydrogens is 334 g/mol. The summed E-state index contributed by atoms with van der Waals surface area (Å²) in [6.07, 6.45) is 10.2. The first-order valence-corrected chi connectivity index (χ1v) is 10.2. The smallest absolute Gasteiger partial charge is 0.414 e. The molecule has 7 heteroatoms. The molecule has 0 aromatic carbocycles. The number of rotatable bonds is 3. The summed E-state index contributed by atoms with van der Waals surface area (Å²) in [6, 6.07) is 1.82. The second kappa shape index (κ2) is 10.8. The van der Waals surface area contributed by atoms with E-state index in [1.807, 2.05) is 0 Å². The van der Waals surface area contributed by atoms with Gasteiger partial charge in [-0.25, -0.2) is 9.59 Å². The molecule has 2 heterocycles. The third kappa shape index (κ3) is 6.52. The highest BCUT2D eigenvalue weighted by molar-refractivity contribution is 6.27. The topological polar surface area (TPSA) is 84.3 Å². The van der Waals surface area contributed by atoms with E-state index in [1.54, 1.807) is 0 Å². The van der Waals surface area contributed by atoms with E-state index in [0.29, 0.717) is 0 Å². The van der Waals surface area contributed by atoms with Gasteiger partial charge in [-0.15, -0.1) is 0 Å². The van der Waals surface area contributed by atoms with Crippen molar-refractivity contribution in [3.63, 3.8) is 0 Å². The average molecular weight is 370 g/mol. The van der Waals surface area contributed by atoms with Crippen LogP contribution in [0.25, 0.3) is 0 Å². The van der Waals surface area contributed by atoms with Crippen molar-refractivity contribution in [2.45, 2.75) is 64.0 Å². The zero-order chi connectivity index (χ0) is 18.9. The number of aliphatic carboxylic acids is 2. The number of carboxylic acids is 2. The summed E-state index contributed by atoms with van der Waals surface area (Å²) < 4.78 is 0. The lowest BCUT2D eigenvalue weighted by Crippen LogP contribution is -2.54. The fourth-order valence-corrected chi connectivity index (χ4v) is 4.51. The molecule has 0 atom stereocenters. The molecule has 0 unspecified atom stereocenters. The fourth-order valence-electron chi connectivity index (χ4n) is 4.51. The lowest BCUT2D eigenvalue weighted by atomic mass is 9.91. The molecule has 0 aromatic rings. The molecule has 150 valence electrons. The van der Waals surface area contributed by atoms with Gasteiger partial charge < -0.3 is 20.0 Å². The first kappa shape index (κ1) is 21.1. The standard InChI is InChI=1S/C17H33N3.C2H2O4/c1-2-18-12-14-20(15-13-18)17-8-10-19(11-9-17)16-6-4-3-5-7-16;3-1(4)2(5)6/h16-17H,2-15H2,1H3;(H,3,4)(H,5,6). The number of piperidine rings is 1. The monoisotopic (exact) mass is 369 g/mol. The van der Waals surface area contributed by atoms with Crippen LogP contribution < -0.4 is 0 Å². The quantitative estimate of drug-likeness (QED) is 0.731. The van der Waals surface area contributed by atoms with Gasteiger partial charge in [-0.1, -0.05) is 26.2 Å². The van der Waals surface area contributed by atoms with Crippen LogP contribution in [0.5, 0.6) is 0 Å². The summed E-state index contributed by atoms with van der Waals surface area (Å²) in [6.45, 7) is 11.4. The summed E-state index contributed by atoms with van der Waals surface area (Å²) >= 11 is 0. The average Bonchev–Trinajstić information content (AvgIpc) is 2.69. The van der Waals surface area contributed by atoms with Gasteiger partial charge in [0.1, 0.15) is 0 Å². The number of nitrogens with zero attached hydrogens (tertiary/aromatic N) is 3.